The zero-order chi connectivity index (χ0) is 13.8. The maximum absolute atomic E-state index is 5.70. The zero-order valence-electron chi connectivity index (χ0n) is 11.1. The van der Waals surface area contributed by atoms with E-state index < -0.39 is 0 Å². The van der Waals surface area contributed by atoms with Gasteiger partial charge in [-0.1, -0.05) is 22.0 Å². The van der Waals surface area contributed by atoms with Gasteiger partial charge in [0.15, 0.2) is 0 Å². The van der Waals surface area contributed by atoms with E-state index in [1.807, 2.05) is 17.7 Å². The Kier molecular flexibility index (Phi) is 4.68. The van der Waals surface area contributed by atoms with Crippen molar-refractivity contribution < 1.29 is 0 Å². The molecule has 1 unspecified atom stereocenters. The molecular weight excluding hydrogens is 306 g/mol. The van der Waals surface area contributed by atoms with Crippen molar-refractivity contribution >= 4 is 15.9 Å². The number of nitrogens with two attached hydrogens (primary N) is 1. The molecule has 1 atom stereocenters. The van der Waals surface area contributed by atoms with E-state index >= 15 is 0 Å². The molecule has 0 aliphatic rings. The van der Waals surface area contributed by atoms with Gasteiger partial charge in [-0.15, -0.1) is 0 Å². The molecule has 1 aromatic carbocycles. The number of nitrogens with one attached hydrogen (secondary N) is 1. The van der Waals surface area contributed by atoms with Crippen LogP contribution in [0.15, 0.2) is 29.0 Å². The molecule has 0 radical (unpaired) electrons. The van der Waals surface area contributed by atoms with Gasteiger partial charge in [0.05, 0.1) is 6.04 Å². The molecule has 1 aromatic heterocycles. The molecule has 5 nitrogen and oxygen atoms in total. The minimum absolute atomic E-state index is 0.0302. The van der Waals surface area contributed by atoms with E-state index in [0.29, 0.717) is 6.42 Å². The van der Waals surface area contributed by atoms with Crippen LogP contribution < -0.4 is 11.3 Å². The third kappa shape index (κ3) is 3.20. The highest BCUT2D eigenvalue weighted by molar-refractivity contribution is 9.10. The Labute approximate surface area is 121 Å². The first-order valence-corrected chi connectivity index (χ1v) is 7.03. The van der Waals surface area contributed by atoms with Crippen molar-refractivity contribution in [2.75, 3.05) is 0 Å². The highest BCUT2D eigenvalue weighted by Gasteiger charge is 2.16. The van der Waals surface area contributed by atoms with E-state index in [0.717, 1.165) is 16.8 Å². The van der Waals surface area contributed by atoms with Crippen LogP contribution in [-0.2, 0) is 13.0 Å². The maximum atomic E-state index is 5.70. The molecule has 0 saturated carbocycles. The molecule has 3 N–H and O–H groups in total. The van der Waals surface area contributed by atoms with Crippen LogP contribution in [0.2, 0.25) is 0 Å². The summed E-state index contributed by atoms with van der Waals surface area (Å²) in [6.07, 6.45) is 2.30. The summed E-state index contributed by atoms with van der Waals surface area (Å²) >= 11 is 3.47. The molecule has 6 heteroatoms. The molecule has 0 aliphatic heterocycles. The van der Waals surface area contributed by atoms with Crippen LogP contribution in [0, 0.1) is 6.92 Å². The molecular formula is C13H18BrN5. The summed E-state index contributed by atoms with van der Waals surface area (Å²) in [5, 5.41) is 4.18. The number of benzene rings is 1. The molecule has 1 heterocycles. The molecule has 0 spiro atoms. The molecule has 0 saturated heterocycles. The predicted molar refractivity (Wildman–Crippen MR) is 78.3 cm³/mol. The Hall–Kier alpha value is -1.24. The second-order valence-corrected chi connectivity index (χ2v) is 5.33. The number of aromatic nitrogens is 3. The fourth-order valence-electron chi connectivity index (χ4n) is 2.18. The number of aryl methyl sites for hydroxylation is 2. The Morgan fingerprint density at radius 1 is 1.47 bits per heavy atom. The smallest absolute Gasteiger partial charge is 0.138 e. The average molecular weight is 324 g/mol. The van der Waals surface area contributed by atoms with Crippen LogP contribution in [-0.4, -0.2) is 14.8 Å². The number of rotatable bonds is 5. The van der Waals surface area contributed by atoms with E-state index in [1.54, 1.807) is 6.33 Å². The Morgan fingerprint density at radius 3 is 2.89 bits per heavy atom. The highest BCUT2D eigenvalue weighted by atomic mass is 79.9. The van der Waals surface area contributed by atoms with Crippen molar-refractivity contribution in [1.82, 2.24) is 20.2 Å². The van der Waals surface area contributed by atoms with Crippen molar-refractivity contribution in [3.05, 3.63) is 46.0 Å². The van der Waals surface area contributed by atoms with Gasteiger partial charge in [0.1, 0.15) is 12.2 Å². The molecule has 19 heavy (non-hydrogen) atoms. The van der Waals surface area contributed by atoms with E-state index in [-0.39, 0.29) is 6.04 Å². The second kappa shape index (κ2) is 6.27. The van der Waals surface area contributed by atoms with E-state index in [1.165, 1.54) is 11.1 Å². The number of nitrogens with zero attached hydrogens (tertiary/aromatic N) is 3. The Morgan fingerprint density at radius 2 is 2.26 bits per heavy atom. The minimum atomic E-state index is 0.0302. The molecule has 0 bridgehead atoms. The molecule has 102 valence electrons. The lowest BCUT2D eigenvalue weighted by molar-refractivity contribution is 0.508. The second-order valence-electron chi connectivity index (χ2n) is 4.42. The third-order valence-electron chi connectivity index (χ3n) is 3.19. The zero-order valence-corrected chi connectivity index (χ0v) is 12.7. The van der Waals surface area contributed by atoms with Gasteiger partial charge in [-0.25, -0.2) is 4.98 Å². The largest absolute Gasteiger partial charge is 0.271 e. The van der Waals surface area contributed by atoms with Gasteiger partial charge in [0, 0.05) is 17.4 Å². The Bertz CT molecular complexity index is 552. The molecule has 2 rings (SSSR count). The van der Waals surface area contributed by atoms with Crippen LogP contribution in [0.3, 0.4) is 0 Å². The Balaban J connectivity index is 2.25. The average Bonchev–Trinajstić information content (AvgIpc) is 2.84. The normalized spacial score (nSPS) is 12.6. The van der Waals surface area contributed by atoms with Crippen molar-refractivity contribution in [3.63, 3.8) is 0 Å². The van der Waals surface area contributed by atoms with Gasteiger partial charge in [-0.3, -0.25) is 16.0 Å². The quantitative estimate of drug-likeness (QED) is 0.653. The summed E-state index contributed by atoms with van der Waals surface area (Å²) < 4.78 is 2.96. The van der Waals surface area contributed by atoms with Crippen molar-refractivity contribution in [3.8, 4) is 0 Å². The first kappa shape index (κ1) is 14.2. The maximum Gasteiger partial charge on any atom is 0.138 e. The van der Waals surface area contributed by atoms with Gasteiger partial charge >= 0.3 is 0 Å². The molecule has 0 aliphatic carbocycles. The van der Waals surface area contributed by atoms with Crippen molar-refractivity contribution in [1.29, 1.82) is 0 Å². The lowest BCUT2D eigenvalue weighted by atomic mass is 9.99. The first-order chi connectivity index (χ1) is 9.15. The first-order valence-electron chi connectivity index (χ1n) is 6.24. The van der Waals surface area contributed by atoms with Gasteiger partial charge in [-0.05, 0) is 37.1 Å². The predicted octanol–water partition coefficient (Wildman–Crippen LogP) is 2.12. The van der Waals surface area contributed by atoms with Crippen molar-refractivity contribution in [2.45, 2.75) is 32.9 Å². The molecule has 0 amide bonds. The number of halogens is 1. The van der Waals surface area contributed by atoms with Crippen LogP contribution in [0.5, 0.6) is 0 Å². The van der Waals surface area contributed by atoms with Gasteiger partial charge < -0.3 is 0 Å². The summed E-state index contributed by atoms with van der Waals surface area (Å²) in [5.41, 5.74) is 5.24. The van der Waals surface area contributed by atoms with Crippen molar-refractivity contribution in [2.24, 2.45) is 5.84 Å². The summed E-state index contributed by atoms with van der Waals surface area (Å²) in [6, 6.07) is 6.22. The summed E-state index contributed by atoms with van der Waals surface area (Å²) in [6.45, 7) is 4.94. The highest BCUT2D eigenvalue weighted by Crippen LogP contribution is 2.23. The van der Waals surface area contributed by atoms with E-state index in [4.69, 9.17) is 5.84 Å². The molecule has 0 fully saturated rings. The van der Waals surface area contributed by atoms with E-state index in [9.17, 15) is 0 Å². The van der Waals surface area contributed by atoms with Crippen LogP contribution in [0.1, 0.15) is 29.9 Å². The van der Waals surface area contributed by atoms with Gasteiger partial charge in [0.2, 0.25) is 0 Å². The number of hydrazine groups is 1. The fraction of sp³-hybridized carbons (Fsp3) is 0.385. The summed E-state index contributed by atoms with van der Waals surface area (Å²) in [5.74, 6) is 6.64. The third-order valence-corrected chi connectivity index (χ3v) is 3.68. The summed E-state index contributed by atoms with van der Waals surface area (Å²) in [7, 11) is 0. The number of hydrogen-bond donors (Lipinski definition) is 2. The standard InChI is InChI=1S/C13H18BrN5/c1-3-19-13(16-8-17-19)7-12(18-15)11-5-4-10(14)6-9(11)2/h4-6,8,12,18H,3,7,15H2,1-2H3. The van der Waals surface area contributed by atoms with Gasteiger partial charge in [-0.2, -0.15) is 5.10 Å². The minimum Gasteiger partial charge on any atom is -0.271 e. The monoisotopic (exact) mass is 323 g/mol. The SMILES string of the molecule is CCn1ncnc1CC(NN)c1ccc(Br)cc1C. The number of hydrogen-bond acceptors (Lipinski definition) is 4. The van der Waals surface area contributed by atoms with Crippen LogP contribution >= 0.6 is 15.9 Å². The van der Waals surface area contributed by atoms with Crippen LogP contribution in [0.25, 0.3) is 0 Å². The van der Waals surface area contributed by atoms with Crippen LogP contribution in [0.4, 0.5) is 0 Å². The lowest BCUT2D eigenvalue weighted by Crippen LogP contribution is -2.31. The lowest BCUT2D eigenvalue weighted by Gasteiger charge is -2.18. The summed E-state index contributed by atoms with van der Waals surface area (Å²) in [4.78, 5) is 4.29. The fourth-order valence-corrected chi connectivity index (χ4v) is 2.66. The van der Waals surface area contributed by atoms with Gasteiger partial charge in [0.25, 0.3) is 0 Å². The molecule has 2 aromatic rings. The topological polar surface area (TPSA) is 68.8 Å². The van der Waals surface area contributed by atoms with E-state index in [2.05, 4.69) is 50.5 Å².